The fourth-order valence-corrected chi connectivity index (χ4v) is 3.16. The van der Waals surface area contributed by atoms with Gasteiger partial charge in [-0.25, -0.2) is 4.98 Å². The Labute approximate surface area is 156 Å². The van der Waals surface area contributed by atoms with Gasteiger partial charge in [0.1, 0.15) is 12.1 Å². The molecule has 2 aromatic rings. The minimum Gasteiger partial charge on any atom is -0.366 e. The fourth-order valence-electron chi connectivity index (χ4n) is 3.16. The molecule has 0 fully saturated rings. The second-order valence-corrected chi connectivity index (χ2v) is 7.87. The molecule has 0 bridgehead atoms. The number of amides is 1. The van der Waals surface area contributed by atoms with E-state index in [9.17, 15) is 9.59 Å². The van der Waals surface area contributed by atoms with Crippen LogP contribution in [-0.4, -0.2) is 21.7 Å². The second kappa shape index (κ2) is 8.97. The van der Waals surface area contributed by atoms with Crippen molar-refractivity contribution in [1.29, 1.82) is 0 Å². The van der Waals surface area contributed by atoms with E-state index in [1.165, 1.54) is 0 Å². The quantitative estimate of drug-likeness (QED) is 0.655. The molecular weight excluding hydrogens is 326 g/mol. The molecule has 1 amide bonds. The van der Waals surface area contributed by atoms with Crippen LogP contribution in [0, 0.1) is 11.8 Å². The van der Waals surface area contributed by atoms with Gasteiger partial charge in [-0.05, 0) is 48.8 Å². The van der Waals surface area contributed by atoms with Gasteiger partial charge in [0.2, 0.25) is 5.91 Å². The molecule has 1 heterocycles. The summed E-state index contributed by atoms with van der Waals surface area (Å²) in [4.78, 5) is 27.7. The molecule has 5 heteroatoms. The summed E-state index contributed by atoms with van der Waals surface area (Å²) in [5.41, 5.74) is 9.01. The molecule has 26 heavy (non-hydrogen) atoms. The Morgan fingerprint density at radius 2 is 1.81 bits per heavy atom. The summed E-state index contributed by atoms with van der Waals surface area (Å²) in [5.74, 6) is 1.71. The molecule has 0 aliphatic carbocycles. The SMILES string of the molecule is CC(C)CCc1cc(C(N)=O)cc2c1nc(CCC(C)C)n2CCC=O. The van der Waals surface area contributed by atoms with Crippen molar-refractivity contribution in [2.24, 2.45) is 17.6 Å². The maximum Gasteiger partial charge on any atom is 0.248 e. The average molecular weight is 357 g/mol. The summed E-state index contributed by atoms with van der Waals surface area (Å²) in [6.07, 6.45) is 5.15. The van der Waals surface area contributed by atoms with Crippen LogP contribution in [0.3, 0.4) is 0 Å². The molecule has 1 aromatic carbocycles. The number of carbonyl (C=O) groups is 2. The van der Waals surface area contributed by atoms with E-state index in [4.69, 9.17) is 10.7 Å². The lowest BCUT2D eigenvalue weighted by molar-refractivity contribution is -0.108. The Morgan fingerprint density at radius 3 is 2.38 bits per heavy atom. The standard InChI is InChI=1S/C21H31N3O2/c1-14(2)6-8-16-12-17(21(22)26)13-18-20(16)23-19(9-7-15(3)4)24(18)10-5-11-25/h11-15H,5-10H2,1-4H3,(H2,22,26). The van der Waals surface area contributed by atoms with Crippen molar-refractivity contribution >= 4 is 23.2 Å². The van der Waals surface area contributed by atoms with Crippen molar-refractivity contribution < 1.29 is 9.59 Å². The predicted molar refractivity (Wildman–Crippen MR) is 105 cm³/mol. The zero-order valence-electron chi connectivity index (χ0n) is 16.4. The molecule has 0 aliphatic heterocycles. The van der Waals surface area contributed by atoms with E-state index in [-0.39, 0.29) is 0 Å². The largest absolute Gasteiger partial charge is 0.366 e. The van der Waals surface area contributed by atoms with Gasteiger partial charge in [-0.3, -0.25) is 4.79 Å². The number of rotatable bonds is 10. The summed E-state index contributed by atoms with van der Waals surface area (Å²) in [6.45, 7) is 9.34. The molecule has 142 valence electrons. The number of nitrogens with zero attached hydrogens (tertiary/aromatic N) is 2. The summed E-state index contributed by atoms with van der Waals surface area (Å²) < 4.78 is 2.09. The summed E-state index contributed by atoms with van der Waals surface area (Å²) in [6, 6.07) is 3.71. The highest BCUT2D eigenvalue weighted by molar-refractivity contribution is 5.97. The molecule has 0 atom stereocenters. The van der Waals surface area contributed by atoms with Gasteiger partial charge in [-0.15, -0.1) is 0 Å². The monoisotopic (exact) mass is 357 g/mol. The van der Waals surface area contributed by atoms with Crippen LogP contribution in [0.1, 0.15) is 68.7 Å². The Morgan fingerprint density at radius 1 is 1.15 bits per heavy atom. The molecule has 0 saturated carbocycles. The first kappa shape index (κ1) is 20.1. The van der Waals surface area contributed by atoms with Crippen molar-refractivity contribution in [1.82, 2.24) is 9.55 Å². The van der Waals surface area contributed by atoms with Gasteiger partial charge in [0.15, 0.2) is 0 Å². The number of benzene rings is 1. The van der Waals surface area contributed by atoms with Gasteiger partial charge in [-0.2, -0.15) is 0 Å². The van der Waals surface area contributed by atoms with Crippen LogP contribution in [0.2, 0.25) is 0 Å². The molecule has 5 nitrogen and oxygen atoms in total. The van der Waals surface area contributed by atoms with E-state index in [1.54, 1.807) is 0 Å². The number of hydrogen-bond donors (Lipinski definition) is 1. The zero-order valence-corrected chi connectivity index (χ0v) is 16.4. The topological polar surface area (TPSA) is 78.0 Å². The van der Waals surface area contributed by atoms with Crippen LogP contribution in [0.4, 0.5) is 0 Å². The van der Waals surface area contributed by atoms with Crippen molar-refractivity contribution in [2.75, 3.05) is 0 Å². The van der Waals surface area contributed by atoms with Crippen molar-refractivity contribution in [3.05, 3.63) is 29.1 Å². The minimum atomic E-state index is -0.426. The first-order valence-electron chi connectivity index (χ1n) is 9.59. The highest BCUT2D eigenvalue weighted by atomic mass is 16.1. The molecule has 0 spiro atoms. The Hall–Kier alpha value is -2.17. The van der Waals surface area contributed by atoms with Crippen LogP contribution in [0.15, 0.2) is 12.1 Å². The maximum atomic E-state index is 11.8. The number of aryl methyl sites for hydroxylation is 3. The van der Waals surface area contributed by atoms with Crippen LogP contribution in [-0.2, 0) is 24.2 Å². The van der Waals surface area contributed by atoms with E-state index in [0.29, 0.717) is 30.4 Å². The van der Waals surface area contributed by atoms with Crippen LogP contribution in [0.5, 0.6) is 0 Å². The highest BCUT2D eigenvalue weighted by Crippen LogP contribution is 2.26. The molecule has 0 aliphatic rings. The zero-order chi connectivity index (χ0) is 19.3. The molecular formula is C21H31N3O2. The van der Waals surface area contributed by atoms with Gasteiger partial charge < -0.3 is 15.1 Å². The minimum absolute atomic E-state index is 0.426. The summed E-state index contributed by atoms with van der Waals surface area (Å²) >= 11 is 0. The second-order valence-electron chi connectivity index (χ2n) is 7.87. The van der Waals surface area contributed by atoms with Crippen molar-refractivity contribution in [2.45, 2.75) is 66.3 Å². The lowest BCUT2D eigenvalue weighted by Crippen LogP contribution is -2.12. The number of fused-ring (bicyclic) bond motifs is 1. The molecule has 0 unspecified atom stereocenters. The Kier molecular flexibility index (Phi) is 6.95. The number of imidazole rings is 1. The number of aldehydes is 1. The lowest BCUT2D eigenvalue weighted by Gasteiger charge is -2.10. The maximum absolute atomic E-state index is 11.8. The van der Waals surface area contributed by atoms with Gasteiger partial charge in [0, 0.05) is 24.9 Å². The van der Waals surface area contributed by atoms with Crippen LogP contribution in [0.25, 0.3) is 11.0 Å². The van der Waals surface area contributed by atoms with E-state index >= 15 is 0 Å². The van der Waals surface area contributed by atoms with Crippen LogP contribution < -0.4 is 5.73 Å². The van der Waals surface area contributed by atoms with E-state index in [1.807, 2.05) is 12.1 Å². The number of aromatic nitrogens is 2. The smallest absolute Gasteiger partial charge is 0.248 e. The number of carbonyl (C=O) groups excluding carboxylic acids is 2. The molecule has 1 aromatic heterocycles. The summed E-state index contributed by atoms with van der Waals surface area (Å²) in [5, 5.41) is 0. The van der Waals surface area contributed by atoms with Crippen molar-refractivity contribution in [3.63, 3.8) is 0 Å². The van der Waals surface area contributed by atoms with Gasteiger partial charge >= 0.3 is 0 Å². The first-order chi connectivity index (χ1) is 12.3. The molecule has 0 radical (unpaired) electrons. The number of primary amides is 1. The van der Waals surface area contributed by atoms with E-state index in [0.717, 1.165) is 54.4 Å². The van der Waals surface area contributed by atoms with Gasteiger partial charge in [0.25, 0.3) is 0 Å². The first-order valence-corrected chi connectivity index (χ1v) is 9.59. The highest BCUT2D eigenvalue weighted by Gasteiger charge is 2.17. The Bertz CT molecular complexity index is 775. The Balaban J connectivity index is 2.57. The van der Waals surface area contributed by atoms with Gasteiger partial charge in [0.05, 0.1) is 11.0 Å². The predicted octanol–water partition coefficient (Wildman–Crippen LogP) is 3.90. The third-order valence-electron chi connectivity index (χ3n) is 4.70. The van der Waals surface area contributed by atoms with Gasteiger partial charge in [-0.1, -0.05) is 27.7 Å². The van der Waals surface area contributed by atoms with E-state index in [2.05, 4.69) is 32.3 Å². The normalized spacial score (nSPS) is 11.6. The molecule has 2 rings (SSSR count). The fraction of sp³-hybridized carbons (Fsp3) is 0.571. The van der Waals surface area contributed by atoms with Crippen LogP contribution >= 0.6 is 0 Å². The molecule has 0 saturated heterocycles. The third kappa shape index (κ3) is 4.93. The summed E-state index contributed by atoms with van der Waals surface area (Å²) in [7, 11) is 0. The van der Waals surface area contributed by atoms with Crippen molar-refractivity contribution in [3.8, 4) is 0 Å². The molecule has 2 N–H and O–H groups in total. The number of hydrogen-bond acceptors (Lipinski definition) is 3. The average Bonchev–Trinajstić information content (AvgIpc) is 2.93. The third-order valence-corrected chi connectivity index (χ3v) is 4.70. The number of nitrogens with two attached hydrogens (primary N) is 1. The van der Waals surface area contributed by atoms with E-state index < -0.39 is 5.91 Å². The lowest BCUT2D eigenvalue weighted by atomic mass is 9.99.